The maximum Gasteiger partial charge on any atom is 0.151 e. The van der Waals surface area contributed by atoms with E-state index in [1.54, 1.807) is 7.11 Å². The fourth-order valence-corrected chi connectivity index (χ4v) is 1.62. The predicted molar refractivity (Wildman–Crippen MR) is 43.4 cm³/mol. The van der Waals surface area contributed by atoms with Crippen LogP contribution >= 0.6 is 0 Å². The second-order valence-electron chi connectivity index (χ2n) is 3.57. The van der Waals surface area contributed by atoms with Crippen molar-refractivity contribution in [3.8, 4) is 0 Å². The molecule has 0 unspecified atom stereocenters. The summed E-state index contributed by atoms with van der Waals surface area (Å²) in [6.45, 7) is 2.23. The highest BCUT2D eigenvalue weighted by Crippen LogP contribution is 2.32. The van der Waals surface area contributed by atoms with E-state index < -0.39 is 5.60 Å². The fourth-order valence-electron chi connectivity index (χ4n) is 1.62. The average Bonchev–Trinajstić information content (AvgIpc) is 2.07. The van der Waals surface area contributed by atoms with Gasteiger partial charge in [0.05, 0.1) is 0 Å². The monoisotopic (exact) mass is 156 g/mol. The summed E-state index contributed by atoms with van der Waals surface area (Å²) in [5.74, 6) is 0.762. The Bertz CT molecular complexity index is 134. The van der Waals surface area contributed by atoms with Crippen LogP contribution in [0, 0.1) is 5.92 Å². The number of ether oxygens (including phenoxy) is 1. The van der Waals surface area contributed by atoms with E-state index in [1.165, 1.54) is 0 Å². The minimum absolute atomic E-state index is 0.438. The van der Waals surface area contributed by atoms with E-state index >= 15 is 0 Å². The SMILES string of the molecule is COC1(C=O)CCC(C)CC1. The van der Waals surface area contributed by atoms with Gasteiger partial charge in [-0.1, -0.05) is 6.92 Å². The molecule has 64 valence electrons. The summed E-state index contributed by atoms with van der Waals surface area (Å²) in [6.07, 6.45) is 5.00. The first-order chi connectivity index (χ1) is 5.22. The van der Waals surface area contributed by atoms with E-state index in [-0.39, 0.29) is 0 Å². The Morgan fingerprint density at radius 3 is 2.36 bits per heavy atom. The van der Waals surface area contributed by atoms with Crippen LogP contribution in [0.25, 0.3) is 0 Å². The van der Waals surface area contributed by atoms with Gasteiger partial charge in [0.15, 0.2) is 6.29 Å². The first kappa shape index (κ1) is 8.72. The third kappa shape index (κ3) is 1.80. The van der Waals surface area contributed by atoms with Crippen LogP contribution in [0.1, 0.15) is 32.6 Å². The van der Waals surface area contributed by atoms with Gasteiger partial charge in [-0.3, -0.25) is 0 Å². The smallest absolute Gasteiger partial charge is 0.151 e. The largest absolute Gasteiger partial charge is 0.371 e. The van der Waals surface area contributed by atoms with Crippen molar-refractivity contribution in [2.24, 2.45) is 5.92 Å². The Kier molecular flexibility index (Phi) is 2.66. The zero-order chi connectivity index (χ0) is 8.32. The minimum Gasteiger partial charge on any atom is -0.371 e. The molecule has 1 aliphatic carbocycles. The zero-order valence-corrected chi connectivity index (χ0v) is 7.30. The maximum absolute atomic E-state index is 10.7. The van der Waals surface area contributed by atoms with Crippen LogP contribution in [0.4, 0.5) is 0 Å². The lowest BCUT2D eigenvalue weighted by atomic mass is 9.80. The maximum atomic E-state index is 10.7. The first-order valence-electron chi connectivity index (χ1n) is 4.24. The Labute approximate surface area is 67.9 Å². The van der Waals surface area contributed by atoms with E-state index in [9.17, 15) is 4.79 Å². The summed E-state index contributed by atoms with van der Waals surface area (Å²) in [5.41, 5.74) is -0.438. The van der Waals surface area contributed by atoms with Crippen LogP contribution in [0.2, 0.25) is 0 Å². The van der Waals surface area contributed by atoms with Crippen molar-refractivity contribution >= 4 is 6.29 Å². The van der Waals surface area contributed by atoms with Gasteiger partial charge in [-0.25, -0.2) is 0 Å². The van der Waals surface area contributed by atoms with Gasteiger partial charge in [-0.15, -0.1) is 0 Å². The highest BCUT2D eigenvalue weighted by molar-refractivity contribution is 5.62. The normalized spacial score (nSPS) is 38.5. The second-order valence-corrected chi connectivity index (χ2v) is 3.57. The van der Waals surface area contributed by atoms with Gasteiger partial charge in [-0.2, -0.15) is 0 Å². The minimum atomic E-state index is -0.438. The molecule has 0 spiro atoms. The van der Waals surface area contributed by atoms with Gasteiger partial charge in [0, 0.05) is 7.11 Å². The predicted octanol–water partition coefficient (Wildman–Crippen LogP) is 1.78. The summed E-state index contributed by atoms with van der Waals surface area (Å²) in [5, 5.41) is 0. The van der Waals surface area contributed by atoms with Crippen LogP contribution in [-0.2, 0) is 9.53 Å². The summed E-state index contributed by atoms with van der Waals surface area (Å²) < 4.78 is 5.21. The van der Waals surface area contributed by atoms with Gasteiger partial charge in [0.1, 0.15) is 5.60 Å². The lowest BCUT2D eigenvalue weighted by Crippen LogP contribution is -2.37. The average molecular weight is 156 g/mol. The molecule has 1 fully saturated rings. The molecule has 0 heterocycles. The molecule has 2 heteroatoms. The number of carbonyl (C=O) groups excluding carboxylic acids is 1. The molecule has 0 N–H and O–H groups in total. The molecule has 0 aliphatic heterocycles. The molecule has 2 nitrogen and oxygen atoms in total. The topological polar surface area (TPSA) is 26.3 Å². The van der Waals surface area contributed by atoms with E-state index in [1.807, 2.05) is 0 Å². The summed E-state index contributed by atoms with van der Waals surface area (Å²) in [7, 11) is 1.63. The molecule has 0 aromatic heterocycles. The number of rotatable bonds is 2. The molecule has 11 heavy (non-hydrogen) atoms. The second kappa shape index (κ2) is 3.35. The molecule has 1 rings (SSSR count). The Balaban J connectivity index is 2.52. The first-order valence-corrected chi connectivity index (χ1v) is 4.24. The van der Waals surface area contributed by atoms with E-state index in [4.69, 9.17) is 4.74 Å². The summed E-state index contributed by atoms with van der Waals surface area (Å²) in [4.78, 5) is 10.7. The third-order valence-corrected chi connectivity index (χ3v) is 2.74. The molecule has 0 aromatic rings. The molecule has 0 saturated heterocycles. The highest BCUT2D eigenvalue weighted by atomic mass is 16.5. The number of methoxy groups -OCH3 is 1. The Morgan fingerprint density at radius 1 is 1.45 bits per heavy atom. The zero-order valence-electron chi connectivity index (χ0n) is 7.30. The van der Waals surface area contributed by atoms with Gasteiger partial charge < -0.3 is 9.53 Å². The van der Waals surface area contributed by atoms with Gasteiger partial charge in [0.2, 0.25) is 0 Å². The third-order valence-electron chi connectivity index (χ3n) is 2.74. The van der Waals surface area contributed by atoms with Gasteiger partial charge in [-0.05, 0) is 31.6 Å². The van der Waals surface area contributed by atoms with Crippen molar-refractivity contribution in [1.29, 1.82) is 0 Å². The summed E-state index contributed by atoms with van der Waals surface area (Å²) in [6, 6.07) is 0. The van der Waals surface area contributed by atoms with E-state index in [0.717, 1.165) is 37.9 Å². The van der Waals surface area contributed by atoms with Crippen molar-refractivity contribution in [3.05, 3.63) is 0 Å². The molecule has 0 aromatic carbocycles. The molecule has 0 radical (unpaired) electrons. The molecule has 0 atom stereocenters. The molecule has 1 aliphatic rings. The van der Waals surface area contributed by atoms with Crippen LogP contribution in [0.3, 0.4) is 0 Å². The van der Waals surface area contributed by atoms with E-state index in [0.29, 0.717) is 0 Å². The van der Waals surface area contributed by atoms with Crippen molar-refractivity contribution in [3.63, 3.8) is 0 Å². The molecular weight excluding hydrogens is 140 g/mol. The molecular formula is C9H16O2. The van der Waals surface area contributed by atoms with Crippen molar-refractivity contribution in [2.75, 3.05) is 7.11 Å². The standard InChI is InChI=1S/C9H16O2/c1-8-3-5-9(7-10,11-2)6-4-8/h7-8H,3-6H2,1-2H3. The van der Waals surface area contributed by atoms with Crippen LogP contribution in [0.5, 0.6) is 0 Å². The van der Waals surface area contributed by atoms with Crippen molar-refractivity contribution in [2.45, 2.75) is 38.2 Å². The quantitative estimate of drug-likeness (QED) is 0.570. The number of aldehydes is 1. The number of hydrogen-bond donors (Lipinski definition) is 0. The Hall–Kier alpha value is -0.370. The lowest BCUT2D eigenvalue weighted by Gasteiger charge is -2.33. The highest BCUT2D eigenvalue weighted by Gasteiger charge is 2.33. The fraction of sp³-hybridized carbons (Fsp3) is 0.889. The molecule has 0 amide bonds. The van der Waals surface area contributed by atoms with Crippen molar-refractivity contribution in [1.82, 2.24) is 0 Å². The van der Waals surface area contributed by atoms with E-state index in [2.05, 4.69) is 6.92 Å². The molecule has 1 saturated carbocycles. The lowest BCUT2D eigenvalue weighted by molar-refractivity contribution is -0.132. The Morgan fingerprint density at radius 2 is 2.00 bits per heavy atom. The summed E-state index contributed by atoms with van der Waals surface area (Å²) >= 11 is 0. The van der Waals surface area contributed by atoms with Crippen LogP contribution < -0.4 is 0 Å². The van der Waals surface area contributed by atoms with Crippen LogP contribution in [-0.4, -0.2) is 19.0 Å². The van der Waals surface area contributed by atoms with Gasteiger partial charge in [0.25, 0.3) is 0 Å². The number of carbonyl (C=O) groups is 1. The van der Waals surface area contributed by atoms with Crippen molar-refractivity contribution < 1.29 is 9.53 Å². The molecule has 0 bridgehead atoms. The van der Waals surface area contributed by atoms with Crippen LogP contribution in [0.15, 0.2) is 0 Å². The number of hydrogen-bond acceptors (Lipinski definition) is 2. The van der Waals surface area contributed by atoms with Gasteiger partial charge >= 0.3 is 0 Å².